The first-order chi connectivity index (χ1) is 7.80. The number of aryl methyl sites for hydroxylation is 1. The van der Waals surface area contributed by atoms with Crippen LogP contribution in [0.5, 0.6) is 0 Å². The molecule has 0 unspecified atom stereocenters. The van der Waals surface area contributed by atoms with Crippen LogP contribution in [-0.4, -0.2) is 13.7 Å². The van der Waals surface area contributed by atoms with Gasteiger partial charge in [-0.05, 0) is 0 Å². The smallest absolute Gasteiger partial charge is 0.346 e. The maximum atomic E-state index is 11.7. The van der Waals surface area contributed by atoms with Gasteiger partial charge in [-0.1, -0.05) is 25.9 Å². The van der Waals surface area contributed by atoms with Crippen molar-refractivity contribution in [2.75, 3.05) is 0 Å². The van der Waals surface area contributed by atoms with Crippen molar-refractivity contribution in [3.05, 3.63) is 32.0 Å². The molecule has 0 radical (unpaired) electrons. The quantitative estimate of drug-likeness (QED) is 0.758. The van der Waals surface area contributed by atoms with Crippen LogP contribution in [0.25, 0.3) is 5.82 Å². The highest BCUT2D eigenvalue weighted by Crippen LogP contribution is 2.23. The molecule has 0 N–H and O–H groups in total. The zero-order valence-corrected chi connectivity index (χ0v) is 10.9. The molecule has 0 atom stereocenters. The van der Waals surface area contributed by atoms with Crippen LogP contribution < -0.4 is 10.6 Å². The van der Waals surface area contributed by atoms with E-state index in [9.17, 15) is 9.59 Å². The first-order valence-electron chi connectivity index (χ1n) is 5.07. The molecule has 2 aromatic rings. The monoisotopic (exact) mass is 255 g/mol. The molecule has 0 aliphatic rings. The van der Waals surface area contributed by atoms with Crippen molar-refractivity contribution in [3.63, 3.8) is 0 Å². The van der Waals surface area contributed by atoms with E-state index in [0.717, 1.165) is 16.1 Å². The standard InChI is InChI=1S/C10H13N3O3S/c1-10(2,3)6-5-7(11-16-6)13-8(14)12(4)17-9(13)15/h5H,1-4H3. The number of nitrogens with zero attached hydrogens (tertiary/aromatic N) is 3. The Labute approximate surface area is 101 Å². The second-order valence-corrected chi connectivity index (χ2v) is 5.85. The lowest BCUT2D eigenvalue weighted by molar-refractivity contribution is 0.328. The third kappa shape index (κ3) is 1.97. The molecule has 7 heteroatoms. The van der Waals surface area contributed by atoms with Gasteiger partial charge in [0.25, 0.3) is 0 Å². The van der Waals surface area contributed by atoms with Gasteiger partial charge in [0.2, 0.25) is 0 Å². The lowest BCUT2D eigenvalue weighted by Gasteiger charge is -2.11. The van der Waals surface area contributed by atoms with E-state index in [-0.39, 0.29) is 16.1 Å². The summed E-state index contributed by atoms with van der Waals surface area (Å²) in [5.41, 5.74) is -0.621. The minimum absolute atomic E-state index is 0.212. The van der Waals surface area contributed by atoms with Crippen LogP contribution in [0.3, 0.4) is 0 Å². The van der Waals surface area contributed by atoms with E-state index in [4.69, 9.17) is 4.52 Å². The molecule has 0 spiro atoms. The highest BCUT2D eigenvalue weighted by Gasteiger charge is 2.22. The van der Waals surface area contributed by atoms with Crippen molar-refractivity contribution in [1.29, 1.82) is 0 Å². The summed E-state index contributed by atoms with van der Waals surface area (Å²) in [6, 6.07) is 1.62. The molecule has 2 aromatic heterocycles. The number of rotatable bonds is 1. The largest absolute Gasteiger partial charge is 0.359 e. The summed E-state index contributed by atoms with van der Waals surface area (Å²) in [4.78, 5) is 22.9. The summed E-state index contributed by atoms with van der Waals surface area (Å²) < 4.78 is 7.41. The van der Waals surface area contributed by atoms with Crippen LogP contribution >= 0.6 is 11.5 Å². The molecule has 6 nitrogen and oxygen atoms in total. The molecule has 0 saturated carbocycles. The van der Waals surface area contributed by atoms with Crippen molar-refractivity contribution in [1.82, 2.24) is 13.7 Å². The maximum absolute atomic E-state index is 11.7. The van der Waals surface area contributed by atoms with Crippen molar-refractivity contribution >= 4 is 11.5 Å². The van der Waals surface area contributed by atoms with Crippen LogP contribution in [0.4, 0.5) is 0 Å². The van der Waals surface area contributed by atoms with Gasteiger partial charge in [0.1, 0.15) is 5.76 Å². The van der Waals surface area contributed by atoms with Crippen molar-refractivity contribution in [2.45, 2.75) is 26.2 Å². The van der Waals surface area contributed by atoms with Gasteiger partial charge in [-0.25, -0.2) is 8.75 Å². The minimum Gasteiger partial charge on any atom is -0.359 e. The second kappa shape index (κ2) is 3.69. The lowest BCUT2D eigenvalue weighted by atomic mass is 9.93. The van der Waals surface area contributed by atoms with Crippen LogP contribution in [-0.2, 0) is 12.5 Å². The normalized spacial score (nSPS) is 12.0. The predicted octanol–water partition coefficient (Wildman–Crippen LogP) is 0.883. The van der Waals surface area contributed by atoms with Gasteiger partial charge in [-0.15, -0.1) is 0 Å². The Balaban J connectivity index is 2.59. The number of hydrogen-bond donors (Lipinski definition) is 0. The highest BCUT2D eigenvalue weighted by molar-refractivity contribution is 7.03. The first kappa shape index (κ1) is 11.8. The Hall–Kier alpha value is -1.63. The first-order valence-corrected chi connectivity index (χ1v) is 5.85. The van der Waals surface area contributed by atoms with Gasteiger partial charge in [-0.3, -0.25) is 4.79 Å². The maximum Gasteiger partial charge on any atom is 0.346 e. The Morgan fingerprint density at radius 3 is 2.41 bits per heavy atom. The molecule has 0 saturated heterocycles. The fraction of sp³-hybridized carbons (Fsp3) is 0.500. The van der Waals surface area contributed by atoms with Gasteiger partial charge in [0.05, 0.1) is 0 Å². The van der Waals surface area contributed by atoms with E-state index in [1.165, 1.54) is 11.0 Å². The molecule has 0 amide bonds. The molecule has 2 heterocycles. The lowest BCUT2D eigenvalue weighted by Crippen LogP contribution is -2.26. The summed E-state index contributed by atoms with van der Waals surface area (Å²) in [7, 11) is 1.54. The fourth-order valence-electron chi connectivity index (χ4n) is 1.33. The Kier molecular flexibility index (Phi) is 2.57. The third-order valence-electron chi connectivity index (χ3n) is 2.32. The topological polar surface area (TPSA) is 70.0 Å². The molecule has 0 aliphatic heterocycles. The highest BCUT2D eigenvalue weighted by atomic mass is 32.1. The zero-order chi connectivity index (χ0) is 12.8. The van der Waals surface area contributed by atoms with Crippen molar-refractivity contribution < 1.29 is 4.52 Å². The molecular weight excluding hydrogens is 242 g/mol. The third-order valence-corrected chi connectivity index (χ3v) is 3.09. The van der Waals surface area contributed by atoms with E-state index in [0.29, 0.717) is 5.76 Å². The minimum atomic E-state index is -0.409. The molecule has 17 heavy (non-hydrogen) atoms. The average Bonchev–Trinajstić information content (AvgIpc) is 2.73. The van der Waals surface area contributed by atoms with Gasteiger partial charge in [0, 0.05) is 30.1 Å². The summed E-state index contributed by atoms with van der Waals surface area (Å²) in [5, 5.41) is 3.77. The van der Waals surface area contributed by atoms with Crippen molar-refractivity contribution in [3.8, 4) is 5.82 Å². The van der Waals surface area contributed by atoms with Gasteiger partial charge >= 0.3 is 10.6 Å². The Morgan fingerprint density at radius 2 is 2.00 bits per heavy atom. The molecule has 2 rings (SSSR count). The Bertz CT molecular complexity index is 653. The number of aromatic nitrogens is 3. The average molecular weight is 255 g/mol. The summed E-state index contributed by atoms with van der Waals surface area (Å²) >= 11 is 0.837. The Morgan fingerprint density at radius 1 is 1.35 bits per heavy atom. The molecular formula is C10H13N3O3S. The van der Waals surface area contributed by atoms with E-state index in [1.54, 1.807) is 6.07 Å². The van der Waals surface area contributed by atoms with E-state index < -0.39 is 5.69 Å². The summed E-state index contributed by atoms with van der Waals surface area (Å²) in [6.07, 6.45) is 0. The summed E-state index contributed by atoms with van der Waals surface area (Å²) in [6.45, 7) is 5.89. The molecule has 0 fully saturated rings. The number of hydrogen-bond acceptors (Lipinski definition) is 5. The van der Waals surface area contributed by atoms with E-state index >= 15 is 0 Å². The second-order valence-electron chi connectivity index (χ2n) is 4.77. The van der Waals surface area contributed by atoms with Crippen LogP contribution in [0.2, 0.25) is 0 Å². The molecule has 0 bridgehead atoms. The van der Waals surface area contributed by atoms with Gasteiger partial charge in [0.15, 0.2) is 5.82 Å². The SMILES string of the molecule is Cn1sc(=O)n(-c2cc(C(C)(C)C)on2)c1=O. The van der Waals surface area contributed by atoms with Gasteiger partial charge in [-0.2, -0.15) is 4.57 Å². The van der Waals surface area contributed by atoms with E-state index in [2.05, 4.69) is 5.16 Å². The van der Waals surface area contributed by atoms with Crippen LogP contribution in [0.15, 0.2) is 20.2 Å². The molecule has 0 aliphatic carbocycles. The predicted molar refractivity (Wildman–Crippen MR) is 63.9 cm³/mol. The van der Waals surface area contributed by atoms with E-state index in [1.807, 2.05) is 20.8 Å². The van der Waals surface area contributed by atoms with Gasteiger partial charge < -0.3 is 4.52 Å². The summed E-state index contributed by atoms with van der Waals surface area (Å²) in [5.74, 6) is 0.870. The van der Waals surface area contributed by atoms with Crippen LogP contribution in [0, 0.1) is 0 Å². The fourth-order valence-corrected chi connectivity index (χ4v) is 1.98. The zero-order valence-electron chi connectivity index (χ0n) is 10.1. The van der Waals surface area contributed by atoms with Crippen LogP contribution in [0.1, 0.15) is 26.5 Å². The molecule has 92 valence electrons. The van der Waals surface area contributed by atoms with Crippen molar-refractivity contribution in [2.24, 2.45) is 7.05 Å². The molecule has 0 aromatic carbocycles.